The second kappa shape index (κ2) is 8.40. The Morgan fingerprint density at radius 1 is 1.15 bits per heavy atom. The van der Waals surface area contributed by atoms with Gasteiger partial charge in [0, 0.05) is 42.8 Å². The van der Waals surface area contributed by atoms with Crippen LogP contribution in [0.2, 0.25) is 0 Å². The van der Waals surface area contributed by atoms with E-state index in [4.69, 9.17) is 9.15 Å². The van der Waals surface area contributed by atoms with Gasteiger partial charge in [-0.2, -0.15) is 0 Å². The smallest absolute Gasteiger partial charge is 0.336 e. The number of amides is 1. The Kier molecular flexibility index (Phi) is 5.76. The first kappa shape index (κ1) is 18.5. The number of nitrogens with zero attached hydrogens (tertiary/aromatic N) is 1. The summed E-state index contributed by atoms with van der Waals surface area (Å²) < 4.78 is 10.6. The molecule has 0 aliphatic rings. The Hall–Kier alpha value is -3.28. The van der Waals surface area contributed by atoms with Crippen molar-refractivity contribution in [3.05, 3.63) is 71.1 Å². The van der Waals surface area contributed by atoms with E-state index < -0.39 is 5.63 Å². The maximum atomic E-state index is 12.1. The van der Waals surface area contributed by atoms with E-state index in [9.17, 15) is 9.59 Å². The number of nitrogens with one attached hydrogen (secondary N) is 1. The van der Waals surface area contributed by atoms with Gasteiger partial charge in [-0.25, -0.2) is 4.79 Å². The fourth-order valence-electron chi connectivity index (χ4n) is 2.65. The summed E-state index contributed by atoms with van der Waals surface area (Å²) in [5, 5.41) is 3.67. The van der Waals surface area contributed by atoms with Crippen molar-refractivity contribution in [1.82, 2.24) is 5.32 Å². The Labute approximate surface area is 157 Å². The van der Waals surface area contributed by atoms with E-state index in [1.54, 1.807) is 24.3 Å². The number of rotatable bonds is 7. The van der Waals surface area contributed by atoms with Crippen molar-refractivity contribution in [3.63, 3.8) is 0 Å². The van der Waals surface area contributed by atoms with E-state index in [1.165, 1.54) is 6.07 Å². The van der Waals surface area contributed by atoms with Gasteiger partial charge in [-0.05, 0) is 37.3 Å². The third kappa shape index (κ3) is 4.88. The fraction of sp³-hybridized carbons (Fsp3) is 0.238. The van der Waals surface area contributed by atoms with E-state index in [-0.39, 0.29) is 18.6 Å². The van der Waals surface area contributed by atoms with Gasteiger partial charge in [0.05, 0.1) is 0 Å². The van der Waals surface area contributed by atoms with Crippen LogP contribution in [0, 0.1) is 0 Å². The summed E-state index contributed by atoms with van der Waals surface area (Å²) in [6, 6.07) is 18.3. The first-order valence-corrected chi connectivity index (χ1v) is 8.74. The summed E-state index contributed by atoms with van der Waals surface area (Å²) in [6.07, 6.45) is 0. The Balaban J connectivity index is 1.50. The molecule has 1 atom stereocenters. The number of likely N-dealkylation sites (N-methyl/N-ethyl adjacent to an activating group) is 1. The normalized spacial score (nSPS) is 11.8. The van der Waals surface area contributed by atoms with E-state index in [1.807, 2.05) is 44.3 Å². The number of ether oxygens (including phenoxy) is 1. The maximum absolute atomic E-state index is 12.1. The van der Waals surface area contributed by atoms with Gasteiger partial charge in [-0.3, -0.25) is 4.79 Å². The van der Waals surface area contributed by atoms with Crippen molar-refractivity contribution in [3.8, 4) is 5.75 Å². The number of carbonyl (C=O) groups is 1. The largest absolute Gasteiger partial charge is 0.484 e. The van der Waals surface area contributed by atoms with Gasteiger partial charge in [0.25, 0.3) is 5.91 Å². The summed E-state index contributed by atoms with van der Waals surface area (Å²) >= 11 is 0. The molecule has 1 unspecified atom stereocenters. The third-order valence-corrected chi connectivity index (χ3v) is 4.38. The molecule has 0 aliphatic heterocycles. The van der Waals surface area contributed by atoms with Crippen molar-refractivity contribution in [2.75, 3.05) is 25.1 Å². The minimum atomic E-state index is -0.422. The lowest BCUT2D eigenvalue weighted by molar-refractivity contribution is -0.123. The van der Waals surface area contributed by atoms with E-state index in [2.05, 4.69) is 10.2 Å². The van der Waals surface area contributed by atoms with Crippen LogP contribution < -0.4 is 20.6 Å². The van der Waals surface area contributed by atoms with Crippen molar-refractivity contribution in [1.29, 1.82) is 0 Å². The van der Waals surface area contributed by atoms with Crippen LogP contribution in [0.1, 0.15) is 6.92 Å². The molecule has 3 aromatic rings. The molecule has 0 saturated carbocycles. The summed E-state index contributed by atoms with van der Waals surface area (Å²) in [5.74, 6) is 0.263. The Bertz CT molecular complexity index is 969. The summed E-state index contributed by atoms with van der Waals surface area (Å²) in [5.41, 5.74) is 1.10. The molecule has 0 radical (unpaired) electrons. The maximum Gasteiger partial charge on any atom is 0.336 e. The molecule has 1 aromatic heterocycles. The topological polar surface area (TPSA) is 71.8 Å². The predicted molar refractivity (Wildman–Crippen MR) is 105 cm³/mol. The van der Waals surface area contributed by atoms with Gasteiger partial charge in [-0.1, -0.05) is 18.2 Å². The lowest BCUT2D eigenvalue weighted by Crippen LogP contribution is -2.41. The highest BCUT2D eigenvalue weighted by Gasteiger charge is 2.12. The van der Waals surface area contributed by atoms with Crippen LogP contribution in [0.5, 0.6) is 5.75 Å². The number of anilines is 1. The number of benzene rings is 2. The number of fused-ring (bicyclic) bond motifs is 1. The van der Waals surface area contributed by atoms with Gasteiger partial charge in [-0.15, -0.1) is 0 Å². The molecule has 0 spiro atoms. The van der Waals surface area contributed by atoms with Crippen LogP contribution in [0.25, 0.3) is 11.0 Å². The highest BCUT2D eigenvalue weighted by atomic mass is 16.5. The standard InChI is InChI=1S/C21H22N2O4/c1-15(23(2)17-6-4-3-5-7-17)13-22-20(24)14-26-18-10-8-16-9-11-21(25)27-19(16)12-18/h3-12,15H,13-14H2,1-2H3,(H,22,24). The van der Waals surface area contributed by atoms with Gasteiger partial charge in [0.1, 0.15) is 11.3 Å². The zero-order valence-electron chi connectivity index (χ0n) is 15.3. The highest BCUT2D eigenvalue weighted by Crippen LogP contribution is 2.19. The molecular weight excluding hydrogens is 344 g/mol. The molecule has 3 rings (SSSR count). The average molecular weight is 366 g/mol. The van der Waals surface area contributed by atoms with Crippen LogP contribution >= 0.6 is 0 Å². The second-order valence-electron chi connectivity index (χ2n) is 6.34. The highest BCUT2D eigenvalue weighted by molar-refractivity contribution is 5.79. The molecule has 2 aromatic carbocycles. The first-order chi connectivity index (χ1) is 13.0. The average Bonchev–Trinajstić information content (AvgIpc) is 2.70. The van der Waals surface area contributed by atoms with Gasteiger partial charge in [0.15, 0.2) is 6.61 Å². The van der Waals surface area contributed by atoms with Gasteiger partial charge in [0.2, 0.25) is 0 Å². The van der Waals surface area contributed by atoms with E-state index >= 15 is 0 Å². The van der Waals surface area contributed by atoms with E-state index in [0.29, 0.717) is 17.9 Å². The second-order valence-corrected chi connectivity index (χ2v) is 6.34. The lowest BCUT2D eigenvalue weighted by atomic mass is 10.2. The molecule has 140 valence electrons. The molecule has 0 bridgehead atoms. The van der Waals surface area contributed by atoms with Crippen LogP contribution in [0.3, 0.4) is 0 Å². The fourth-order valence-corrected chi connectivity index (χ4v) is 2.65. The van der Waals surface area contributed by atoms with Crippen LogP contribution in [0.15, 0.2) is 69.9 Å². The molecule has 0 fully saturated rings. The van der Waals surface area contributed by atoms with Crippen molar-refractivity contribution >= 4 is 22.6 Å². The molecule has 0 saturated heterocycles. The van der Waals surface area contributed by atoms with Crippen LogP contribution in [0.4, 0.5) is 5.69 Å². The molecule has 1 heterocycles. The SMILES string of the molecule is CC(CNC(=O)COc1ccc2ccc(=O)oc2c1)N(C)c1ccccc1. The molecule has 6 nitrogen and oxygen atoms in total. The molecule has 27 heavy (non-hydrogen) atoms. The lowest BCUT2D eigenvalue weighted by Gasteiger charge is -2.27. The molecule has 1 N–H and O–H groups in total. The first-order valence-electron chi connectivity index (χ1n) is 8.74. The van der Waals surface area contributed by atoms with Crippen LogP contribution in [-0.2, 0) is 4.79 Å². The molecule has 6 heteroatoms. The number of hydrogen-bond donors (Lipinski definition) is 1. The van der Waals surface area contributed by atoms with Crippen LogP contribution in [-0.4, -0.2) is 32.1 Å². The number of carbonyl (C=O) groups excluding carboxylic acids is 1. The van der Waals surface area contributed by atoms with Crippen molar-refractivity contribution in [2.45, 2.75) is 13.0 Å². The van der Waals surface area contributed by atoms with E-state index in [0.717, 1.165) is 11.1 Å². The number of para-hydroxylation sites is 1. The summed E-state index contributed by atoms with van der Waals surface area (Å²) in [6.45, 7) is 2.43. The molecule has 1 amide bonds. The third-order valence-electron chi connectivity index (χ3n) is 4.38. The summed E-state index contributed by atoms with van der Waals surface area (Å²) in [7, 11) is 1.99. The quantitative estimate of drug-likeness (QED) is 0.651. The predicted octanol–water partition coefficient (Wildman–Crippen LogP) is 2.81. The minimum Gasteiger partial charge on any atom is -0.484 e. The molecule has 0 aliphatic carbocycles. The Morgan fingerprint density at radius 2 is 1.89 bits per heavy atom. The van der Waals surface area contributed by atoms with Crippen molar-refractivity contribution < 1.29 is 13.9 Å². The monoisotopic (exact) mass is 366 g/mol. The zero-order valence-corrected chi connectivity index (χ0v) is 15.3. The molecular formula is C21H22N2O4. The number of hydrogen-bond acceptors (Lipinski definition) is 5. The van der Waals surface area contributed by atoms with Crippen molar-refractivity contribution in [2.24, 2.45) is 0 Å². The minimum absolute atomic E-state index is 0.107. The van der Waals surface area contributed by atoms with Gasteiger partial charge >= 0.3 is 5.63 Å². The Morgan fingerprint density at radius 3 is 2.67 bits per heavy atom. The van der Waals surface area contributed by atoms with Gasteiger partial charge < -0.3 is 19.4 Å². The summed E-state index contributed by atoms with van der Waals surface area (Å²) in [4.78, 5) is 25.5. The zero-order chi connectivity index (χ0) is 19.2.